The number of hydrogen-bond donors (Lipinski definition) is 0. The predicted octanol–water partition coefficient (Wildman–Crippen LogP) is 3.38. The van der Waals surface area contributed by atoms with Crippen LogP contribution in [0.25, 0.3) is 0 Å². The first-order valence-electron chi connectivity index (χ1n) is 9.81. The monoisotopic (exact) mass is 506 g/mol. The van der Waals surface area contributed by atoms with E-state index in [0.29, 0.717) is 27.3 Å². The van der Waals surface area contributed by atoms with Gasteiger partial charge in [0.25, 0.3) is 0 Å². The summed E-state index contributed by atoms with van der Waals surface area (Å²) in [4.78, 5) is 26.0. The van der Waals surface area contributed by atoms with Crippen LogP contribution in [0.4, 0.5) is 0 Å². The van der Waals surface area contributed by atoms with Crippen LogP contribution in [-0.4, -0.2) is 47.5 Å². The maximum absolute atomic E-state index is 13.1. The Kier molecular flexibility index (Phi) is 5.81. The fourth-order valence-corrected chi connectivity index (χ4v) is 5.48. The quantitative estimate of drug-likeness (QED) is 0.550. The second-order valence-corrected chi connectivity index (χ2v) is 8.32. The Labute approximate surface area is 193 Å². The van der Waals surface area contributed by atoms with Gasteiger partial charge in [-0.3, -0.25) is 9.59 Å². The van der Waals surface area contributed by atoms with E-state index in [1.165, 1.54) is 28.4 Å². The third-order valence-electron chi connectivity index (χ3n) is 6.19. The smallest absolute Gasteiger partial charge is 0.313 e. The number of ether oxygens (including phenoxy) is 6. The summed E-state index contributed by atoms with van der Waals surface area (Å²) in [6.07, 6.45) is -0.719. The normalized spacial score (nSPS) is 25.1. The van der Waals surface area contributed by atoms with Gasteiger partial charge in [-0.2, -0.15) is 0 Å². The summed E-state index contributed by atoms with van der Waals surface area (Å²) in [5.74, 6) is -1.46. The number of methoxy groups -OCH3 is 5. The SMILES string of the molecule is COC(=O)C1C(C(=O)OC)[C@@]2(c3cc(Br)c(OC)c(OC)c3)O[C@@H]1c1cc(OC)ccc12. The fraction of sp³-hybridized carbons (Fsp3) is 0.391. The van der Waals surface area contributed by atoms with E-state index in [2.05, 4.69) is 15.9 Å². The summed E-state index contributed by atoms with van der Waals surface area (Å²) < 4.78 is 33.7. The maximum atomic E-state index is 13.1. The zero-order valence-corrected chi connectivity index (χ0v) is 19.8. The minimum absolute atomic E-state index is 0.443. The Balaban J connectivity index is 2.04. The van der Waals surface area contributed by atoms with Crippen LogP contribution in [0, 0.1) is 11.8 Å². The first-order chi connectivity index (χ1) is 15.4. The highest BCUT2D eigenvalue weighted by atomic mass is 79.9. The Morgan fingerprint density at radius 3 is 2.25 bits per heavy atom. The maximum Gasteiger partial charge on any atom is 0.313 e. The van der Waals surface area contributed by atoms with Gasteiger partial charge in [-0.05, 0) is 56.9 Å². The third kappa shape index (κ3) is 2.98. The molecule has 2 aliphatic rings. The molecule has 4 rings (SSSR count). The molecule has 0 saturated carbocycles. The third-order valence-corrected chi connectivity index (χ3v) is 6.78. The van der Waals surface area contributed by atoms with Crippen LogP contribution < -0.4 is 14.2 Å². The molecule has 32 heavy (non-hydrogen) atoms. The Morgan fingerprint density at radius 2 is 1.66 bits per heavy atom. The molecule has 170 valence electrons. The van der Waals surface area contributed by atoms with Crippen molar-refractivity contribution in [3.8, 4) is 17.2 Å². The van der Waals surface area contributed by atoms with E-state index < -0.39 is 35.5 Å². The van der Waals surface area contributed by atoms with Gasteiger partial charge in [0.1, 0.15) is 23.2 Å². The Hall–Kier alpha value is -2.78. The van der Waals surface area contributed by atoms with Crippen molar-refractivity contribution < 1.29 is 38.0 Å². The number of rotatable bonds is 6. The van der Waals surface area contributed by atoms with E-state index in [9.17, 15) is 9.59 Å². The fourth-order valence-electron chi connectivity index (χ4n) is 4.87. The van der Waals surface area contributed by atoms with Crippen molar-refractivity contribution in [1.82, 2.24) is 0 Å². The van der Waals surface area contributed by atoms with Crippen LogP contribution in [0.5, 0.6) is 17.2 Å². The molecule has 2 aliphatic heterocycles. The van der Waals surface area contributed by atoms with Crippen molar-refractivity contribution in [1.29, 1.82) is 0 Å². The molecule has 2 heterocycles. The zero-order chi connectivity index (χ0) is 23.2. The van der Waals surface area contributed by atoms with Crippen molar-refractivity contribution in [3.05, 3.63) is 51.5 Å². The molecule has 0 N–H and O–H groups in total. The Morgan fingerprint density at radius 1 is 0.938 bits per heavy atom. The molecule has 0 spiro atoms. The molecule has 2 bridgehead atoms. The number of carbonyl (C=O) groups is 2. The zero-order valence-electron chi connectivity index (χ0n) is 18.3. The molecule has 9 heteroatoms. The van der Waals surface area contributed by atoms with Crippen molar-refractivity contribution in [2.24, 2.45) is 11.8 Å². The van der Waals surface area contributed by atoms with Gasteiger partial charge >= 0.3 is 11.9 Å². The molecule has 0 radical (unpaired) electrons. The van der Waals surface area contributed by atoms with Crippen LogP contribution in [0.1, 0.15) is 22.8 Å². The lowest BCUT2D eigenvalue weighted by molar-refractivity contribution is -0.158. The molecule has 0 aromatic heterocycles. The standard InChI is InChI=1S/C23H23BrO8/c1-27-12-6-7-14-13(10-12)19-17(21(25)30-4)18(22(26)31-5)23(14,32-19)11-8-15(24)20(29-3)16(9-11)28-2/h6-10,17-19H,1-5H3/t17?,18?,19-,23+/m1/s1. The number of esters is 2. The minimum Gasteiger partial charge on any atom is -0.497 e. The van der Waals surface area contributed by atoms with E-state index in [1.807, 2.05) is 12.1 Å². The van der Waals surface area contributed by atoms with E-state index >= 15 is 0 Å². The van der Waals surface area contributed by atoms with Gasteiger partial charge in [0.05, 0.1) is 46.1 Å². The number of carbonyl (C=O) groups excluding carboxylic acids is 2. The van der Waals surface area contributed by atoms with Gasteiger partial charge in [-0.15, -0.1) is 0 Å². The molecule has 2 aromatic carbocycles. The van der Waals surface area contributed by atoms with E-state index in [0.717, 1.165) is 11.1 Å². The number of halogens is 1. The molecular formula is C23H23BrO8. The number of fused-ring (bicyclic) bond motifs is 5. The molecule has 0 aliphatic carbocycles. The first kappa shape index (κ1) is 22.4. The summed E-state index contributed by atoms with van der Waals surface area (Å²) in [5, 5.41) is 0. The molecular weight excluding hydrogens is 484 g/mol. The van der Waals surface area contributed by atoms with Crippen molar-refractivity contribution in [3.63, 3.8) is 0 Å². The highest BCUT2D eigenvalue weighted by molar-refractivity contribution is 9.10. The lowest BCUT2D eigenvalue weighted by Gasteiger charge is -2.36. The number of benzene rings is 2. The average Bonchev–Trinajstić information content (AvgIpc) is 3.35. The molecule has 2 unspecified atom stereocenters. The van der Waals surface area contributed by atoms with Crippen LogP contribution in [0.3, 0.4) is 0 Å². The molecule has 0 amide bonds. The van der Waals surface area contributed by atoms with Crippen LogP contribution in [0.2, 0.25) is 0 Å². The van der Waals surface area contributed by atoms with Gasteiger partial charge in [0.15, 0.2) is 11.5 Å². The highest BCUT2D eigenvalue weighted by Crippen LogP contribution is 2.65. The Bertz CT molecular complexity index is 1080. The average molecular weight is 507 g/mol. The van der Waals surface area contributed by atoms with E-state index in [4.69, 9.17) is 28.4 Å². The summed E-state index contributed by atoms with van der Waals surface area (Å²) >= 11 is 3.52. The first-order valence-corrected chi connectivity index (χ1v) is 10.6. The largest absolute Gasteiger partial charge is 0.497 e. The van der Waals surface area contributed by atoms with Crippen molar-refractivity contribution in [2.45, 2.75) is 11.7 Å². The highest BCUT2D eigenvalue weighted by Gasteiger charge is 2.68. The molecule has 2 aromatic rings. The van der Waals surface area contributed by atoms with E-state index in [-0.39, 0.29) is 0 Å². The summed E-state index contributed by atoms with van der Waals surface area (Å²) in [5.41, 5.74) is 0.807. The molecule has 4 atom stereocenters. The predicted molar refractivity (Wildman–Crippen MR) is 116 cm³/mol. The van der Waals surface area contributed by atoms with Gasteiger partial charge in [-0.1, -0.05) is 6.07 Å². The van der Waals surface area contributed by atoms with Crippen LogP contribution in [0.15, 0.2) is 34.8 Å². The van der Waals surface area contributed by atoms with Gasteiger partial charge < -0.3 is 28.4 Å². The van der Waals surface area contributed by atoms with Crippen molar-refractivity contribution >= 4 is 27.9 Å². The van der Waals surface area contributed by atoms with E-state index in [1.54, 1.807) is 25.3 Å². The molecule has 1 fully saturated rings. The van der Waals surface area contributed by atoms with Gasteiger partial charge in [0, 0.05) is 0 Å². The lowest BCUT2D eigenvalue weighted by Crippen LogP contribution is -2.45. The van der Waals surface area contributed by atoms with Gasteiger partial charge in [0.2, 0.25) is 0 Å². The topological polar surface area (TPSA) is 89.5 Å². The molecule has 8 nitrogen and oxygen atoms in total. The van der Waals surface area contributed by atoms with Crippen molar-refractivity contribution in [2.75, 3.05) is 35.5 Å². The second-order valence-electron chi connectivity index (χ2n) is 7.47. The lowest BCUT2D eigenvalue weighted by atomic mass is 9.66. The van der Waals surface area contributed by atoms with Gasteiger partial charge in [-0.25, -0.2) is 0 Å². The van der Waals surface area contributed by atoms with Crippen LogP contribution in [-0.2, 0) is 29.4 Å². The molecule has 1 saturated heterocycles. The minimum atomic E-state index is -1.31. The summed E-state index contributed by atoms with van der Waals surface area (Å²) in [6.45, 7) is 0. The van der Waals surface area contributed by atoms with Crippen LogP contribution >= 0.6 is 15.9 Å². The number of hydrogen-bond acceptors (Lipinski definition) is 8. The summed E-state index contributed by atoms with van der Waals surface area (Å²) in [7, 11) is 7.19. The summed E-state index contributed by atoms with van der Waals surface area (Å²) in [6, 6.07) is 9.01. The second kappa shape index (κ2) is 8.29.